The molecule has 2 aliphatic rings. The molecule has 3 nitrogen and oxygen atoms in total. The van der Waals surface area contributed by atoms with Crippen molar-refractivity contribution in [2.24, 2.45) is 5.41 Å². The maximum Gasteiger partial charge on any atom is 0.222 e. The van der Waals surface area contributed by atoms with Crippen LogP contribution in [0.5, 0.6) is 0 Å². The minimum absolute atomic E-state index is 0.352. The van der Waals surface area contributed by atoms with Crippen LogP contribution in [0.25, 0.3) is 0 Å². The number of rotatable bonds is 5. The SMILES string of the molecule is Cc1ccc(N[C@H]2CCCN(C(=O)CCC3(C)CC3)C2)cc1C. The first kappa shape index (κ1) is 16.4. The lowest BCUT2D eigenvalue weighted by Crippen LogP contribution is -2.45. The standard InChI is InChI=1S/C20H30N2O/c1-15-6-7-17(13-16(15)2)21-18-5-4-12-22(14-18)19(23)8-9-20(3)10-11-20/h6-7,13,18,21H,4-5,8-12,14H2,1-3H3/t18-/m0/s1. The van der Waals surface area contributed by atoms with Crippen LogP contribution in [-0.2, 0) is 4.79 Å². The van der Waals surface area contributed by atoms with Crippen LogP contribution in [-0.4, -0.2) is 29.9 Å². The van der Waals surface area contributed by atoms with Crippen LogP contribution in [0.2, 0.25) is 0 Å². The summed E-state index contributed by atoms with van der Waals surface area (Å²) in [4.78, 5) is 14.5. The average Bonchev–Trinajstić information content (AvgIpc) is 3.27. The number of nitrogens with one attached hydrogen (secondary N) is 1. The molecule has 0 spiro atoms. The van der Waals surface area contributed by atoms with Gasteiger partial charge in [0.2, 0.25) is 5.91 Å². The van der Waals surface area contributed by atoms with E-state index in [-0.39, 0.29) is 0 Å². The highest BCUT2D eigenvalue weighted by Gasteiger charge is 2.37. The zero-order valence-electron chi connectivity index (χ0n) is 14.8. The molecule has 1 aromatic carbocycles. The molecule has 0 aromatic heterocycles. The Bertz CT molecular complexity index is 577. The van der Waals surface area contributed by atoms with Gasteiger partial charge in [0.1, 0.15) is 0 Å². The van der Waals surface area contributed by atoms with Crippen molar-refractivity contribution in [3.63, 3.8) is 0 Å². The molecule has 2 fully saturated rings. The van der Waals surface area contributed by atoms with Gasteiger partial charge in [0, 0.05) is 31.2 Å². The van der Waals surface area contributed by atoms with E-state index < -0.39 is 0 Å². The average molecular weight is 314 g/mol. The lowest BCUT2D eigenvalue weighted by molar-refractivity contribution is -0.132. The predicted molar refractivity (Wildman–Crippen MR) is 95.7 cm³/mol. The largest absolute Gasteiger partial charge is 0.381 e. The highest BCUT2D eigenvalue weighted by atomic mass is 16.2. The van der Waals surface area contributed by atoms with Crippen LogP contribution in [0.15, 0.2) is 18.2 Å². The smallest absolute Gasteiger partial charge is 0.222 e. The van der Waals surface area contributed by atoms with Gasteiger partial charge in [-0.25, -0.2) is 0 Å². The number of benzene rings is 1. The molecule has 1 saturated heterocycles. The van der Waals surface area contributed by atoms with E-state index in [2.05, 4.69) is 49.2 Å². The minimum atomic E-state index is 0.352. The number of carbonyl (C=O) groups excluding carboxylic acids is 1. The summed E-state index contributed by atoms with van der Waals surface area (Å²) in [5, 5.41) is 3.62. The number of amides is 1. The van der Waals surface area contributed by atoms with Gasteiger partial charge in [-0.15, -0.1) is 0 Å². The molecule has 23 heavy (non-hydrogen) atoms. The molecule has 1 atom stereocenters. The van der Waals surface area contributed by atoms with Gasteiger partial charge in [0.05, 0.1) is 0 Å². The van der Waals surface area contributed by atoms with E-state index in [0.29, 0.717) is 17.4 Å². The van der Waals surface area contributed by atoms with Gasteiger partial charge in [-0.05, 0) is 74.6 Å². The number of nitrogens with zero attached hydrogens (tertiary/aromatic N) is 1. The van der Waals surface area contributed by atoms with Gasteiger partial charge in [0.15, 0.2) is 0 Å². The Hall–Kier alpha value is -1.51. The Morgan fingerprint density at radius 1 is 1.30 bits per heavy atom. The second-order valence-corrected chi connectivity index (χ2v) is 7.93. The Labute approximate surface area is 140 Å². The normalized spacial score (nSPS) is 22.7. The van der Waals surface area contributed by atoms with E-state index in [4.69, 9.17) is 0 Å². The number of anilines is 1. The van der Waals surface area contributed by atoms with Crippen molar-refractivity contribution in [2.45, 2.75) is 65.3 Å². The van der Waals surface area contributed by atoms with Gasteiger partial charge >= 0.3 is 0 Å². The highest BCUT2D eigenvalue weighted by Crippen LogP contribution is 2.48. The zero-order chi connectivity index (χ0) is 16.4. The molecule has 1 aliphatic carbocycles. The fourth-order valence-electron chi connectivity index (χ4n) is 3.42. The minimum Gasteiger partial charge on any atom is -0.381 e. The molecular formula is C20H30N2O. The molecule has 3 heteroatoms. The number of carbonyl (C=O) groups is 1. The van der Waals surface area contributed by atoms with Crippen molar-refractivity contribution < 1.29 is 4.79 Å². The maximum absolute atomic E-state index is 12.5. The first-order valence-electron chi connectivity index (χ1n) is 9.07. The van der Waals surface area contributed by atoms with Gasteiger partial charge in [-0.2, -0.15) is 0 Å². The van der Waals surface area contributed by atoms with Gasteiger partial charge in [-0.1, -0.05) is 13.0 Å². The van der Waals surface area contributed by atoms with E-state index in [1.54, 1.807) is 0 Å². The third kappa shape index (κ3) is 4.27. The fourth-order valence-corrected chi connectivity index (χ4v) is 3.42. The van der Waals surface area contributed by atoms with Crippen LogP contribution in [0.3, 0.4) is 0 Å². The molecule has 1 saturated carbocycles. The predicted octanol–water partition coefficient (Wildman–Crippen LogP) is 4.29. The van der Waals surface area contributed by atoms with Gasteiger partial charge in [-0.3, -0.25) is 4.79 Å². The third-order valence-corrected chi connectivity index (χ3v) is 5.70. The first-order chi connectivity index (χ1) is 11.0. The van der Waals surface area contributed by atoms with Crippen LogP contribution in [0.1, 0.15) is 56.6 Å². The Balaban J connectivity index is 1.52. The summed E-state index contributed by atoms with van der Waals surface area (Å²) >= 11 is 0. The molecule has 0 bridgehead atoms. The lowest BCUT2D eigenvalue weighted by Gasteiger charge is -2.34. The number of piperidine rings is 1. The number of aryl methyl sites for hydroxylation is 2. The first-order valence-corrected chi connectivity index (χ1v) is 9.07. The summed E-state index contributed by atoms with van der Waals surface area (Å²) in [6.45, 7) is 8.37. The van der Waals surface area contributed by atoms with Gasteiger partial charge < -0.3 is 10.2 Å². The molecule has 0 unspecified atom stereocenters. The molecule has 126 valence electrons. The Morgan fingerprint density at radius 2 is 2.09 bits per heavy atom. The topological polar surface area (TPSA) is 32.3 Å². The van der Waals surface area contributed by atoms with E-state index in [1.165, 1.54) is 29.7 Å². The summed E-state index contributed by atoms with van der Waals surface area (Å²) in [5.74, 6) is 0.352. The van der Waals surface area contributed by atoms with Crippen LogP contribution in [0.4, 0.5) is 5.69 Å². The van der Waals surface area contributed by atoms with E-state index in [9.17, 15) is 4.79 Å². The van der Waals surface area contributed by atoms with Crippen molar-refractivity contribution in [1.82, 2.24) is 4.90 Å². The summed E-state index contributed by atoms with van der Waals surface area (Å²) in [5.41, 5.74) is 4.29. The van der Waals surface area contributed by atoms with E-state index in [0.717, 1.165) is 38.8 Å². The number of hydrogen-bond acceptors (Lipinski definition) is 2. The summed E-state index contributed by atoms with van der Waals surface area (Å²) < 4.78 is 0. The molecule has 0 radical (unpaired) electrons. The zero-order valence-corrected chi connectivity index (χ0v) is 14.8. The molecule has 1 aliphatic heterocycles. The molecule has 3 rings (SSSR count). The van der Waals surface area contributed by atoms with Crippen molar-refractivity contribution in [3.8, 4) is 0 Å². The number of likely N-dealkylation sites (tertiary alicyclic amines) is 1. The molecule has 1 amide bonds. The van der Waals surface area contributed by atoms with E-state index in [1.807, 2.05) is 0 Å². The molecule has 1 aromatic rings. The fraction of sp³-hybridized carbons (Fsp3) is 0.650. The molecule has 1 N–H and O–H groups in total. The summed E-state index contributed by atoms with van der Waals surface area (Å²) in [6, 6.07) is 6.91. The second kappa shape index (κ2) is 6.54. The van der Waals surface area contributed by atoms with Crippen molar-refractivity contribution in [1.29, 1.82) is 0 Å². The quantitative estimate of drug-likeness (QED) is 0.879. The van der Waals surface area contributed by atoms with Crippen LogP contribution < -0.4 is 5.32 Å². The Kier molecular flexibility index (Phi) is 4.65. The monoisotopic (exact) mass is 314 g/mol. The summed E-state index contributed by atoms with van der Waals surface area (Å²) in [6.07, 6.45) is 6.65. The summed E-state index contributed by atoms with van der Waals surface area (Å²) in [7, 11) is 0. The second-order valence-electron chi connectivity index (χ2n) is 7.93. The third-order valence-electron chi connectivity index (χ3n) is 5.70. The molecular weight excluding hydrogens is 284 g/mol. The van der Waals surface area contributed by atoms with Crippen molar-refractivity contribution in [3.05, 3.63) is 29.3 Å². The van der Waals surface area contributed by atoms with Crippen molar-refractivity contribution in [2.75, 3.05) is 18.4 Å². The van der Waals surface area contributed by atoms with Crippen LogP contribution >= 0.6 is 0 Å². The van der Waals surface area contributed by atoms with Gasteiger partial charge in [0.25, 0.3) is 0 Å². The highest BCUT2D eigenvalue weighted by molar-refractivity contribution is 5.76. The number of hydrogen-bond donors (Lipinski definition) is 1. The maximum atomic E-state index is 12.5. The van der Waals surface area contributed by atoms with Crippen molar-refractivity contribution >= 4 is 11.6 Å². The van der Waals surface area contributed by atoms with E-state index >= 15 is 0 Å². The lowest BCUT2D eigenvalue weighted by atomic mass is 10.0. The van der Waals surface area contributed by atoms with Crippen LogP contribution in [0, 0.1) is 19.3 Å². The molecule has 1 heterocycles. The Morgan fingerprint density at radius 3 is 2.78 bits per heavy atom.